The SMILES string of the molecule is N#C[C@]1(NC(=O)[C@H](CCC2CCCCC2)CC(=O)N2CCOCC2)CCNC1. The lowest BCUT2D eigenvalue weighted by Gasteiger charge is -2.30. The number of rotatable bonds is 7. The third kappa shape index (κ3) is 5.68. The van der Waals surface area contributed by atoms with Crippen LogP contribution in [-0.2, 0) is 14.3 Å². The van der Waals surface area contributed by atoms with Crippen molar-refractivity contribution >= 4 is 11.8 Å². The number of nitriles is 1. The van der Waals surface area contributed by atoms with E-state index < -0.39 is 5.54 Å². The van der Waals surface area contributed by atoms with E-state index >= 15 is 0 Å². The third-order valence-electron chi connectivity index (χ3n) is 6.54. The maximum absolute atomic E-state index is 13.1. The number of nitrogens with one attached hydrogen (secondary N) is 2. The Morgan fingerprint density at radius 3 is 2.64 bits per heavy atom. The standard InChI is InChI=1S/C21H34N4O3/c22-15-21(8-9-23-16-21)24-20(27)18(7-6-17-4-2-1-3-5-17)14-19(26)25-10-12-28-13-11-25/h17-18,23H,1-14,16H2,(H,24,27)/t18-,21-/m1/s1. The van der Waals surface area contributed by atoms with Gasteiger partial charge in [-0.2, -0.15) is 5.26 Å². The summed E-state index contributed by atoms with van der Waals surface area (Å²) in [6.45, 7) is 3.53. The van der Waals surface area contributed by atoms with E-state index in [-0.39, 0.29) is 24.2 Å². The van der Waals surface area contributed by atoms with E-state index in [1.165, 1.54) is 32.1 Å². The van der Waals surface area contributed by atoms with Crippen molar-refractivity contribution in [2.75, 3.05) is 39.4 Å². The van der Waals surface area contributed by atoms with E-state index in [1.807, 2.05) is 4.90 Å². The van der Waals surface area contributed by atoms with Gasteiger partial charge in [-0.1, -0.05) is 32.1 Å². The molecule has 2 amide bonds. The molecular formula is C21H34N4O3. The Morgan fingerprint density at radius 1 is 1.25 bits per heavy atom. The smallest absolute Gasteiger partial charge is 0.224 e. The van der Waals surface area contributed by atoms with Gasteiger partial charge in [0.15, 0.2) is 0 Å². The Labute approximate surface area is 168 Å². The van der Waals surface area contributed by atoms with Crippen molar-refractivity contribution in [3.05, 3.63) is 0 Å². The van der Waals surface area contributed by atoms with Gasteiger partial charge in [0.05, 0.1) is 19.3 Å². The summed E-state index contributed by atoms with van der Waals surface area (Å²) < 4.78 is 5.33. The summed E-state index contributed by atoms with van der Waals surface area (Å²) in [7, 11) is 0. The van der Waals surface area contributed by atoms with Crippen LogP contribution >= 0.6 is 0 Å². The molecule has 156 valence electrons. The zero-order valence-electron chi connectivity index (χ0n) is 16.9. The normalized spacial score (nSPS) is 27.2. The van der Waals surface area contributed by atoms with Gasteiger partial charge in [-0.3, -0.25) is 9.59 Å². The van der Waals surface area contributed by atoms with E-state index in [0.717, 1.165) is 19.4 Å². The van der Waals surface area contributed by atoms with Gasteiger partial charge in [0.2, 0.25) is 11.8 Å². The Kier molecular flexibility index (Phi) is 7.69. The van der Waals surface area contributed by atoms with Gasteiger partial charge in [-0.15, -0.1) is 0 Å². The van der Waals surface area contributed by atoms with Crippen LogP contribution in [0, 0.1) is 23.2 Å². The molecule has 7 heteroatoms. The first-order valence-corrected chi connectivity index (χ1v) is 10.9. The molecule has 0 spiro atoms. The molecule has 0 unspecified atom stereocenters. The van der Waals surface area contributed by atoms with Crippen molar-refractivity contribution in [1.29, 1.82) is 5.26 Å². The summed E-state index contributed by atoms with van der Waals surface area (Å²) in [6, 6.07) is 2.28. The molecule has 0 aromatic rings. The van der Waals surface area contributed by atoms with Crippen LogP contribution in [0.4, 0.5) is 0 Å². The van der Waals surface area contributed by atoms with Gasteiger partial charge in [0.1, 0.15) is 5.54 Å². The molecule has 2 heterocycles. The minimum atomic E-state index is -0.831. The highest BCUT2D eigenvalue weighted by molar-refractivity contribution is 5.86. The average molecular weight is 391 g/mol. The molecule has 0 aromatic heterocycles. The molecular weight excluding hydrogens is 356 g/mol. The van der Waals surface area contributed by atoms with Gasteiger partial charge in [-0.25, -0.2) is 0 Å². The second-order valence-electron chi connectivity index (χ2n) is 8.59. The zero-order chi connectivity index (χ0) is 19.8. The lowest BCUT2D eigenvalue weighted by Crippen LogP contribution is -2.51. The lowest BCUT2D eigenvalue weighted by molar-refractivity contribution is -0.140. The molecule has 2 atom stereocenters. The van der Waals surface area contributed by atoms with Crippen molar-refractivity contribution in [3.63, 3.8) is 0 Å². The Balaban J connectivity index is 1.61. The maximum Gasteiger partial charge on any atom is 0.224 e. The predicted octanol–water partition coefficient (Wildman–Crippen LogP) is 1.58. The molecule has 3 fully saturated rings. The molecule has 0 aromatic carbocycles. The summed E-state index contributed by atoms with van der Waals surface area (Å²) in [5.74, 6) is 0.203. The summed E-state index contributed by atoms with van der Waals surface area (Å²) >= 11 is 0. The van der Waals surface area contributed by atoms with Crippen LogP contribution in [0.5, 0.6) is 0 Å². The van der Waals surface area contributed by atoms with E-state index in [9.17, 15) is 14.9 Å². The molecule has 0 bridgehead atoms. The molecule has 2 aliphatic heterocycles. The monoisotopic (exact) mass is 390 g/mol. The van der Waals surface area contributed by atoms with Crippen LogP contribution < -0.4 is 10.6 Å². The van der Waals surface area contributed by atoms with Crippen molar-refractivity contribution < 1.29 is 14.3 Å². The fourth-order valence-corrected chi connectivity index (χ4v) is 4.65. The molecule has 0 radical (unpaired) electrons. The van der Waals surface area contributed by atoms with E-state index in [2.05, 4.69) is 16.7 Å². The van der Waals surface area contributed by atoms with Gasteiger partial charge in [-0.05, 0) is 31.7 Å². The second-order valence-corrected chi connectivity index (χ2v) is 8.59. The Hall–Kier alpha value is -1.65. The quantitative estimate of drug-likeness (QED) is 0.688. The van der Waals surface area contributed by atoms with Crippen molar-refractivity contribution in [1.82, 2.24) is 15.5 Å². The Morgan fingerprint density at radius 2 is 2.00 bits per heavy atom. The lowest BCUT2D eigenvalue weighted by atomic mass is 9.83. The minimum Gasteiger partial charge on any atom is -0.378 e. The van der Waals surface area contributed by atoms with Gasteiger partial charge >= 0.3 is 0 Å². The molecule has 2 N–H and O–H groups in total. The highest BCUT2D eigenvalue weighted by Gasteiger charge is 2.38. The first-order valence-electron chi connectivity index (χ1n) is 10.9. The highest BCUT2D eigenvalue weighted by Crippen LogP contribution is 2.30. The predicted molar refractivity (Wildman–Crippen MR) is 105 cm³/mol. The fraction of sp³-hybridized carbons (Fsp3) is 0.857. The van der Waals surface area contributed by atoms with E-state index in [4.69, 9.17) is 4.74 Å². The average Bonchev–Trinajstić information content (AvgIpc) is 3.21. The van der Waals surface area contributed by atoms with Crippen molar-refractivity contribution in [2.45, 2.75) is 63.3 Å². The van der Waals surface area contributed by atoms with E-state index in [0.29, 0.717) is 45.2 Å². The van der Waals surface area contributed by atoms with Crippen LogP contribution in [0.2, 0.25) is 0 Å². The number of nitrogens with zero attached hydrogens (tertiary/aromatic N) is 2. The molecule has 1 saturated carbocycles. The molecule has 3 rings (SSSR count). The molecule has 7 nitrogen and oxygen atoms in total. The number of amides is 2. The topological polar surface area (TPSA) is 94.5 Å². The van der Waals surface area contributed by atoms with Crippen molar-refractivity contribution in [2.24, 2.45) is 11.8 Å². The summed E-state index contributed by atoms with van der Waals surface area (Å²) in [6.07, 6.45) is 8.89. The summed E-state index contributed by atoms with van der Waals surface area (Å²) in [5.41, 5.74) is -0.831. The number of hydrogen-bond donors (Lipinski definition) is 2. The second kappa shape index (κ2) is 10.2. The largest absolute Gasteiger partial charge is 0.378 e. The van der Waals surface area contributed by atoms with Gasteiger partial charge in [0, 0.05) is 32.0 Å². The zero-order valence-corrected chi connectivity index (χ0v) is 16.9. The molecule has 28 heavy (non-hydrogen) atoms. The number of carbonyl (C=O) groups is 2. The number of carbonyl (C=O) groups excluding carboxylic acids is 2. The number of morpholine rings is 1. The fourth-order valence-electron chi connectivity index (χ4n) is 4.65. The minimum absolute atomic E-state index is 0.0302. The number of hydrogen-bond acceptors (Lipinski definition) is 5. The van der Waals surface area contributed by atoms with Gasteiger partial charge < -0.3 is 20.3 Å². The van der Waals surface area contributed by atoms with Crippen LogP contribution in [0.15, 0.2) is 0 Å². The first kappa shape index (κ1) is 21.1. The third-order valence-corrected chi connectivity index (χ3v) is 6.54. The van der Waals surface area contributed by atoms with E-state index in [1.54, 1.807) is 0 Å². The van der Waals surface area contributed by atoms with Crippen molar-refractivity contribution in [3.8, 4) is 6.07 Å². The van der Waals surface area contributed by atoms with Crippen LogP contribution in [0.1, 0.15) is 57.8 Å². The van der Waals surface area contributed by atoms with Crippen LogP contribution in [0.3, 0.4) is 0 Å². The molecule has 1 aliphatic carbocycles. The summed E-state index contributed by atoms with van der Waals surface area (Å²) in [5, 5.41) is 15.7. The molecule has 2 saturated heterocycles. The maximum atomic E-state index is 13.1. The highest BCUT2D eigenvalue weighted by atomic mass is 16.5. The van der Waals surface area contributed by atoms with Crippen LogP contribution in [0.25, 0.3) is 0 Å². The summed E-state index contributed by atoms with van der Waals surface area (Å²) in [4.78, 5) is 27.6. The molecule has 3 aliphatic rings. The Bertz CT molecular complexity index is 571. The van der Waals surface area contributed by atoms with Crippen LogP contribution in [-0.4, -0.2) is 61.6 Å². The first-order chi connectivity index (χ1) is 13.6. The number of ether oxygens (including phenoxy) is 1. The van der Waals surface area contributed by atoms with Gasteiger partial charge in [0.25, 0.3) is 0 Å².